The van der Waals surface area contributed by atoms with Crippen LogP contribution < -0.4 is 0 Å². The summed E-state index contributed by atoms with van der Waals surface area (Å²) in [6, 6.07) is 0. The minimum Gasteiger partial charge on any atom is -0.455 e. The predicted octanol–water partition coefficient (Wildman–Crippen LogP) is 8.11. The second-order valence-corrected chi connectivity index (χ2v) is 14.3. The Bertz CT molecular complexity index is 1030. The summed E-state index contributed by atoms with van der Waals surface area (Å²) in [5.74, 6) is 6.19. The van der Waals surface area contributed by atoms with Gasteiger partial charge in [-0.3, -0.25) is 0 Å². The van der Waals surface area contributed by atoms with E-state index in [2.05, 4.69) is 24.8 Å². The molecular weight excluding hydrogens is 636 g/mol. The van der Waals surface area contributed by atoms with Crippen molar-refractivity contribution in [2.24, 2.45) is 0 Å². The zero-order valence-electron chi connectivity index (χ0n) is 31.6. The molecule has 0 aromatic carbocycles. The zero-order valence-corrected chi connectivity index (χ0v) is 31.6. The number of cyclic esters (lactones) is 1. The molecule has 3 aliphatic heterocycles. The van der Waals surface area contributed by atoms with Gasteiger partial charge in [-0.2, -0.15) is 0 Å². The molecular formula is C41H68O9. The molecule has 2 saturated heterocycles. The highest BCUT2D eigenvalue weighted by atomic mass is 16.7. The Morgan fingerprint density at radius 3 is 2.36 bits per heavy atom. The van der Waals surface area contributed by atoms with Crippen LogP contribution in [0.25, 0.3) is 0 Å². The minimum absolute atomic E-state index is 0.0142. The number of carbonyl (C=O) groups excluding carboxylic acids is 1. The number of unbranched alkanes of at least 4 members (excludes halogenated alkanes) is 9. The van der Waals surface area contributed by atoms with Gasteiger partial charge in [0, 0.05) is 32.6 Å². The summed E-state index contributed by atoms with van der Waals surface area (Å²) >= 11 is 0. The van der Waals surface area contributed by atoms with Gasteiger partial charge < -0.3 is 38.3 Å². The molecule has 2 fully saturated rings. The quantitative estimate of drug-likeness (QED) is 0.0414. The van der Waals surface area contributed by atoms with Crippen LogP contribution in [0, 0.1) is 11.8 Å². The van der Waals surface area contributed by atoms with Crippen LogP contribution in [0.4, 0.5) is 0 Å². The van der Waals surface area contributed by atoms with E-state index in [9.17, 15) is 9.90 Å². The first-order valence-corrected chi connectivity index (χ1v) is 19.7. The molecule has 8 atom stereocenters. The lowest BCUT2D eigenvalue weighted by Gasteiger charge is -2.37. The first kappa shape index (κ1) is 42.6. The summed E-state index contributed by atoms with van der Waals surface area (Å²) in [6.07, 6.45) is 25.7. The summed E-state index contributed by atoms with van der Waals surface area (Å²) in [5, 5.41) is 10.6. The van der Waals surface area contributed by atoms with E-state index in [-0.39, 0.29) is 68.4 Å². The fourth-order valence-corrected chi connectivity index (χ4v) is 7.25. The number of rotatable bonds is 26. The molecule has 0 amide bonds. The fraction of sp³-hybridized carbons (Fsp3) is 0.829. The van der Waals surface area contributed by atoms with Gasteiger partial charge in [0.1, 0.15) is 19.7 Å². The molecule has 50 heavy (non-hydrogen) atoms. The third kappa shape index (κ3) is 16.7. The first-order chi connectivity index (χ1) is 24.4. The van der Waals surface area contributed by atoms with Gasteiger partial charge in [-0.15, -0.1) is 0 Å². The largest absolute Gasteiger partial charge is 0.455 e. The molecule has 0 spiro atoms. The topological polar surface area (TPSA) is 102 Å². The lowest BCUT2D eigenvalue weighted by atomic mass is 9.93. The van der Waals surface area contributed by atoms with Crippen LogP contribution in [0.2, 0.25) is 0 Å². The van der Waals surface area contributed by atoms with E-state index in [1.54, 1.807) is 14.2 Å². The number of aliphatic hydroxyl groups is 1. The van der Waals surface area contributed by atoms with E-state index in [1.165, 1.54) is 44.9 Å². The molecule has 0 radical (unpaired) electrons. The van der Waals surface area contributed by atoms with Gasteiger partial charge in [-0.1, -0.05) is 76.2 Å². The van der Waals surface area contributed by atoms with Crippen molar-refractivity contribution in [2.45, 2.75) is 191 Å². The van der Waals surface area contributed by atoms with Crippen LogP contribution >= 0.6 is 0 Å². The average molecular weight is 705 g/mol. The van der Waals surface area contributed by atoms with Crippen molar-refractivity contribution in [1.82, 2.24) is 0 Å². The highest BCUT2D eigenvalue weighted by molar-refractivity contribution is 5.90. The van der Waals surface area contributed by atoms with Crippen molar-refractivity contribution in [3.63, 3.8) is 0 Å². The lowest BCUT2D eigenvalue weighted by Crippen LogP contribution is -2.44. The number of esters is 1. The molecule has 0 unspecified atom stereocenters. The van der Waals surface area contributed by atoms with Gasteiger partial charge >= 0.3 is 5.97 Å². The van der Waals surface area contributed by atoms with Crippen molar-refractivity contribution in [2.75, 3.05) is 27.8 Å². The number of hydrogen-bond acceptors (Lipinski definition) is 9. The Morgan fingerprint density at radius 1 is 0.900 bits per heavy atom. The van der Waals surface area contributed by atoms with E-state index in [4.69, 9.17) is 33.2 Å². The molecule has 0 aliphatic carbocycles. The summed E-state index contributed by atoms with van der Waals surface area (Å²) in [4.78, 5) is 12.0. The number of carbonyl (C=O) groups is 1. The SMILES string of the molecule is CCCCCCCCCC[C@@H]1O[C@H]([C@@H]2CC[C@H]([C@@H](CCCC#C/C=C/CCC[C@H](CC3=C[C@H](C)OC3=O)OCOC)OCOC)O2)CC[C@H]1O. The minimum atomic E-state index is -0.368. The average Bonchev–Trinajstić information content (AvgIpc) is 3.73. The van der Waals surface area contributed by atoms with Crippen LogP contribution in [0.15, 0.2) is 23.8 Å². The monoisotopic (exact) mass is 704 g/mol. The van der Waals surface area contributed by atoms with Gasteiger partial charge in [0.15, 0.2) is 0 Å². The Morgan fingerprint density at radius 2 is 1.62 bits per heavy atom. The summed E-state index contributed by atoms with van der Waals surface area (Å²) < 4.78 is 40.5. The molecule has 3 rings (SSSR count). The predicted molar refractivity (Wildman–Crippen MR) is 195 cm³/mol. The molecule has 9 nitrogen and oxygen atoms in total. The van der Waals surface area contributed by atoms with Crippen molar-refractivity contribution in [1.29, 1.82) is 0 Å². The summed E-state index contributed by atoms with van der Waals surface area (Å²) in [7, 11) is 3.25. The fourth-order valence-electron chi connectivity index (χ4n) is 7.25. The Hall–Kier alpha value is -1.77. The van der Waals surface area contributed by atoms with Crippen molar-refractivity contribution < 1.29 is 43.1 Å². The summed E-state index contributed by atoms with van der Waals surface area (Å²) in [5.41, 5.74) is 0.686. The maximum atomic E-state index is 12.0. The van der Waals surface area contributed by atoms with Crippen LogP contribution in [0.3, 0.4) is 0 Å². The van der Waals surface area contributed by atoms with E-state index in [0.29, 0.717) is 12.0 Å². The van der Waals surface area contributed by atoms with Crippen molar-refractivity contribution >= 4 is 5.97 Å². The Labute approximate surface area is 303 Å². The number of ether oxygens (including phenoxy) is 7. The lowest BCUT2D eigenvalue weighted by molar-refractivity contribution is -0.178. The number of methoxy groups -OCH3 is 2. The molecule has 9 heteroatoms. The Kier molecular flexibility index (Phi) is 22.2. The van der Waals surface area contributed by atoms with Crippen LogP contribution in [0.1, 0.15) is 142 Å². The van der Waals surface area contributed by atoms with E-state index < -0.39 is 0 Å². The van der Waals surface area contributed by atoms with Crippen LogP contribution in [-0.2, 0) is 38.0 Å². The number of allylic oxidation sites excluding steroid dienone is 2. The molecule has 0 aromatic heterocycles. The van der Waals surface area contributed by atoms with Gasteiger partial charge in [-0.25, -0.2) is 4.79 Å². The molecule has 3 heterocycles. The van der Waals surface area contributed by atoms with Crippen LogP contribution in [-0.4, -0.2) is 87.7 Å². The van der Waals surface area contributed by atoms with E-state index in [1.807, 2.05) is 19.1 Å². The molecule has 286 valence electrons. The highest BCUT2D eigenvalue weighted by Crippen LogP contribution is 2.34. The highest BCUT2D eigenvalue weighted by Gasteiger charge is 2.40. The molecule has 1 N–H and O–H groups in total. The molecule has 0 saturated carbocycles. The Balaban J connectivity index is 1.33. The standard InChI is InChI=1S/C41H68O9/c1-5-6-7-8-9-13-16-19-22-36-35(42)24-25-39(49-36)40-27-26-38(50-40)37(47-31-45-4)23-20-17-14-11-10-12-15-18-21-34(46-30-44-3)29-33-28-32(2)48-41(33)43/h10,12,28,32,34-40,42H,5-9,13,15-27,29-31H2,1-4H3/b12-10+/t32-,34+,35+,36-,37+,38+,39-,40-/m0/s1. The summed E-state index contributed by atoms with van der Waals surface area (Å²) in [6.45, 7) is 4.57. The maximum absolute atomic E-state index is 12.0. The van der Waals surface area contributed by atoms with Gasteiger partial charge in [-0.05, 0) is 83.3 Å². The van der Waals surface area contributed by atoms with E-state index in [0.717, 1.165) is 77.0 Å². The smallest absolute Gasteiger partial charge is 0.334 e. The molecule has 0 aromatic rings. The molecule has 3 aliphatic rings. The van der Waals surface area contributed by atoms with Crippen LogP contribution in [0.5, 0.6) is 0 Å². The normalized spacial score (nSPS) is 26.5. The first-order valence-electron chi connectivity index (χ1n) is 19.7. The third-order valence-corrected chi connectivity index (χ3v) is 10.0. The second kappa shape index (κ2) is 26.1. The van der Waals surface area contributed by atoms with Gasteiger partial charge in [0.05, 0.1) is 42.7 Å². The van der Waals surface area contributed by atoms with Crippen molar-refractivity contribution in [3.05, 3.63) is 23.8 Å². The van der Waals surface area contributed by atoms with E-state index >= 15 is 0 Å². The maximum Gasteiger partial charge on any atom is 0.334 e. The molecule has 0 bridgehead atoms. The zero-order chi connectivity index (χ0) is 35.8. The second-order valence-electron chi connectivity index (χ2n) is 14.3. The van der Waals surface area contributed by atoms with Crippen molar-refractivity contribution in [3.8, 4) is 11.8 Å². The number of aliphatic hydroxyl groups excluding tert-OH is 1. The number of hydrogen-bond donors (Lipinski definition) is 1. The van der Waals surface area contributed by atoms with Gasteiger partial charge in [0.2, 0.25) is 0 Å². The van der Waals surface area contributed by atoms with Gasteiger partial charge in [0.25, 0.3) is 0 Å². The third-order valence-electron chi connectivity index (χ3n) is 10.0.